The molecule has 1 fully saturated rings. The average molecular weight is 410 g/mol. The number of carbonyl (C=O) groups excluding carboxylic acids is 1. The van der Waals surface area contributed by atoms with Crippen molar-refractivity contribution in [1.29, 1.82) is 0 Å². The van der Waals surface area contributed by atoms with Gasteiger partial charge in [0.1, 0.15) is 0 Å². The maximum Gasteiger partial charge on any atom is 0.234 e. The Labute approximate surface area is 144 Å². The zero-order valence-corrected chi connectivity index (χ0v) is 15.3. The Morgan fingerprint density at radius 3 is 2.55 bits per heavy atom. The summed E-state index contributed by atoms with van der Waals surface area (Å²) in [5, 5.41) is 2.16. The predicted molar refractivity (Wildman–Crippen MR) is 90.7 cm³/mol. The molecule has 1 amide bonds. The van der Waals surface area contributed by atoms with E-state index in [4.69, 9.17) is 11.6 Å². The van der Waals surface area contributed by atoms with Crippen LogP contribution in [0.5, 0.6) is 0 Å². The molecule has 122 valence electrons. The van der Waals surface area contributed by atoms with E-state index in [9.17, 15) is 13.2 Å². The Morgan fingerprint density at radius 2 is 2.00 bits per heavy atom. The Morgan fingerprint density at radius 1 is 1.36 bits per heavy atom. The highest BCUT2D eigenvalue weighted by atomic mass is 79.9. The van der Waals surface area contributed by atoms with Gasteiger partial charge in [0, 0.05) is 11.0 Å². The highest BCUT2D eigenvalue weighted by Gasteiger charge is 2.37. The van der Waals surface area contributed by atoms with Gasteiger partial charge in [-0.3, -0.25) is 9.69 Å². The molecule has 2 rings (SSSR count). The molecular formula is C14H18BrClN2O3S. The van der Waals surface area contributed by atoms with Crippen molar-refractivity contribution in [1.82, 2.24) is 10.2 Å². The van der Waals surface area contributed by atoms with Crippen LogP contribution in [0, 0.1) is 0 Å². The van der Waals surface area contributed by atoms with E-state index in [1.807, 2.05) is 36.2 Å². The summed E-state index contributed by atoms with van der Waals surface area (Å²) < 4.78 is 24.0. The molecule has 0 aromatic heterocycles. The van der Waals surface area contributed by atoms with Crippen LogP contribution in [0.2, 0.25) is 0 Å². The number of amides is 1. The summed E-state index contributed by atoms with van der Waals surface area (Å²) in [4.78, 5) is 13.9. The molecule has 22 heavy (non-hydrogen) atoms. The van der Waals surface area contributed by atoms with Crippen molar-refractivity contribution >= 4 is 43.3 Å². The predicted octanol–water partition coefficient (Wildman–Crippen LogP) is 1.40. The molecule has 2 atom stereocenters. The number of rotatable bonds is 5. The Hall–Kier alpha value is -0.630. The summed E-state index contributed by atoms with van der Waals surface area (Å²) in [5.74, 6) is -0.371. The highest BCUT2D eigenvalue weighted by Crippen LogP contribution is 2.18. The minimum Gasteiger partial charge on any atom is -0.350 e. The normalized spacial score (nSPS) is 23.6. The number of hydrogen-bond donors (Lipinski definition) is 1. The molecule has 1 aliphatic rings. The molecule has 1 heterocycles. The molecule has 0 bridgehead atoms. The second kappa shape index (κ2) is 7.29. The van der Waals surface area contributed by atoms with Crippen LogP contribution in [0.4, 0.5) is 0 Å². The van der Waals surface area contributed by atoms with Crippen molar-refractivity contribution in [3.8, 4) is 0 Å². The standard InChI is InChI=1S/C14H18BrClN2O3S/c1-18(6-10-2-4-11(15)5-3-10)7-14(19)17-13-9-22(20,21)8-12(13)16/h2-5,12-13H,6-9H2,1H3,(H,17,19)/t12-,13-/m0/s1. The SMILES string of the molecule is CN(CC(=O)N[C@H]1CS(=O)(=O)C[C@@H]1Cl)Cc1ccc(Br)cc1. The minimum atomic E-state index is -3.14. The number of benzene rings is 1. The lowest BCUT2D eigenvalue weighted by Gasteiger charge is -2.19. The molecule has 0 unspecified atom stereocenters. The molecule has 1 aromatic carbocycles. The van der Waals surface area contributed by atoms with Crippen molar-refractivity contribution in [3.63, 3.8) is 0 Å². The fourth-order valence-electron chi connectivity index (χ4n) is 2.39. The van der Waals surface area contributed by atoms with Gasteiger partial charge in [-0.15, -0.1) is 11.6 Å². The first kappa shape index (κ1) is 17.7. The number of nitrogens with one attached hydrogen (secondary N) is 1. The lowest BCUT2D eigenvalue weighted by Crippen LogP contribution is -2.44. The summed E-state index contributed by atoms with van der Waals surface area (Å²) in [6.07, 6.45) is 0. The molecule has 5 nitrogen and oxygen atoms in total. The zero-order valence-electron chi connectivity index (χ0n) is 12.1. The fourth-order valence-corrected chi connectivity index (χ4v) is 5.21. The van der Waals surface area contributed by atoms with E-state index in [1.54, 1.807) is 0 Å². The van der Waals surface area contributed by atoms with Gasteiger partial charge in [-0.2, -0.15) is 0 Å². The average Bonchev–Trinajstić information content (AvgIpc) is 2.64. The molecule has 0 aliphatic carbocycles. The second-order valence-corrected chi connectivity index (χ2v) is 9.20. The Kier molecular flexibility index (Phi) is 5.87. The van der Waals surface area contributed by atoms with Crippen LogP contribution in [0.15, 0.2) is 28.7 Å². The lowest BCUT2D eigenvalue weighted by atomic mass is 10.2. The van der Waals surface area contributed by atoms with Crippen molar-refractivity contribution in [2.45, 2.75) is 18.0 Å². The van der Waals surface area contributed by atoms with Crippen LogP contribution in [0.1, 0.15) is 5.56 Å². The molecule has 0 saturated carbocycles. The van der Waals surface area contributed by atoms with Crippen LogP contribution in [-0.2, 0) is 21.2 Å². The molecule has 1 N–H and O–H groups in total. The van der Waals surface area contributed by atoms with Crippen molar-refractivity contribution in [2.75, 3.05) is 25.1 Å². The van der Waals surface area contributed by atoms with Gasteiger partial charge in [0.25, 0.3) is 0 Å². The van der Waals surface area contributed by atoms with E-state index < -0.39 is 21.3 Å². The quantitative estimate of drug-likeness (QED) is 0.747. The van der Waals surface area contributed by atoms with Crippen LogP contribution in [0.25, 0.3) is 0 Å². The number of hydrogen-bond acceptors (Lipinski definition) is 4. The van der Waals surface area contributed by atoms with Gasteiger partial charge >= 0.3 is 0 Å². The maximum absolute atomic E-state index is 12.0. The summed E-state index contributed by atoms with van der Waals surface area (Å²) in [6.45, 7) is 0.824. The first-order valence-corrected chi connectivity index (χ1v) is 9.87. The van der Waals surface area contributed by atoms with Crippen molar-refractivity contribution in [3.05, 3.63) is 34.3 Å². The van der Waals surface area contributed by atoms with E-state index in [0.29, 0.717) is 6.54 Å². The number of halogens is 2. The molecule has 1 aliphatic heterocycles. The third kappa shape index (κ3) is 5.22. The van der Waals surface area contributed by atoms with E-state index in [0.717, 1.165) is 10.0 Å². The fraction of sp³-hybridized carbons (Fsp3) is 0.500. The molecule has 8 heteroatoms. The Balaban J connectivity index is 1.83. The van der Waals surface area contributed by atoms with Gasteiger partial charge in [0.2, 0.25) is 5.91 Å². The van der Waals surface area contributed by atoms with E-state index >= 15 is 0 Å². The van der Waals surface area contributed by atoms with Gasteiger partial charge in [0.05, 0.1) is 29.5 Å². The van der Waals surface area contributed by atoms with Crippen molar-refractivity contribution in [2.24, 2.45) is 0 Å². The summed E-state index contributed by atoms with van der Waals surface area (Å²) in [5.41, 5.74) is 1.09. The van der Waals surface area contributed by atoms with Crippen LogP contribution >= 0.6 is 27.5 Å². The molecule has 0 radical (unpaired) electrons. The van der Waals surface area contributed by atoms with E-state index in [2.05, 4.69) is 21.2 Å². The van der Waals surface area contributed by atoms with Crippen LogP contribution in [-0.4, -0.2) is 55.7 Å². The highest BCUT2D eigenvalue weighted by molar-refractivity contribution is 9.10. The summed E-state index contributed by atoms with van der Waals surface area (Å²) in [7, 11) is -1.30. The number of sulfone groups is 1. The van der Waals surface area contributed by atoms with Gasteiger partial charge in [-0.1, -0.05) is 28.1 Å². The number of nitrogens with zero attached hydrogens (tertiary/aromatic N) is 1. The number of carbonyl (C=O) groups is 1. The Bertz CT molecular complexity index is 636. The lowest BCUT2D eigenvalue weighted by molar-refractivity contribution is -0.122. The first-order chi connectivity index (χ1) is 10.2. The maximum atomic E-state index is 12.0. The summed E-state index contributed by atoms with van der Waals surface area (Å²) >= 11 is 9.35. The monoisotopic (exact) mass is 408 g/mol. The molecule has 1 aromatic rings. The number of alkyl halides is 1. The third-order valence-corrected chi connectivity index (χ3v) is 6.31. The second-order valence-electron chi connectivity index (χ2n) is 5.57. The molecule has 1 saturated heterocycles. The van der Waals surface area contributed by atoms with Gasteiger partial charge in [-0.05, 0) is 24.7 Å². The van der Waals surface area contributed by atoms with Crippen molar-refractivity contribution < 1.29 is 13.2 Å². The van der Waals surface area contributed by atoms with E-state index in [1.165, 1.54) is 0 Å². The third-order valence-electron chi connectivity index (χ3n) is 3.41. The zero-order chi connectivity index (χ0) is 16.3. The molecule has 0 spiro atoms. The van der Waals surface area contributed by atoms with Crippen LogP contribution in [0.3, 0.4) is 0 Å². The minimum absolute atomic E-state index is 0.0752. The smallest absolute Gasteiger partial charge is 0.234 e. The number of likely N-dealkylation sites (N-methyl/N-ethyl adjacent to an activating group) is 1. The van der Waals surface area contributed by atoms with E-state index in [-0.39, 0.29) is 24.0 Å². The first-order valence-electron chi connectivity index (χ1n) is 6.82. The topological polar surface area (TPSA) is 66.5 Å². The summed E-state index contributed by atoms with van der Waals surface area (Å²) in [6, 6.07) is 7.36. The molecular weight excluding hydrogens is 392 g/mol. The van der Waals surface area contributed by atoms with Gasteiger partial charge < -0.3 is 5.32 Å². The van der Waals surface area contributed by atoms with Gasteiger partial charge in [-0.25, -0.2) is 8.42 Å². The van der Waals surface area contributed by atoms with Crippen LogP contribution < -0.4 is 5.32 Å². The van der Waals surface area contributed by atoms with Gasteiger partial charge in [0.15, 0.2) is 9.84 Å². The largest absolute Gasteiger partial charge is 0.350 e.